The lowest BCUT2D eigenvalue weighted by Gasteiger charge is -2.19. The molecule has 2 atom stereocenters. The van der Waals surface area contributed by atoms with Gasteiger partial charge in [0.2, 0.25) is 0 Å². The molecule has 0 spiro atoms. The van der Waals surface area contributed by atoms with Gasteiger partial charge in [-0.15, -0.1) is 0 Å². The van der Waals surface area contributed by atoms with Crippen LogP contribution in [-0.2, 0) is 0 Å². The predicted octanol–water partition coefficient (Wildman–Crippen LogP) is 2.33. The van der Waals surface area contributed by atoms with Crippen LogP contribution < -0.4 is 10.5 Å². The summed E-state index contributed by atoms with van der Waals surface area (Å²) in [6.45, 7) is 0.653. The van der Waals surface area contributed by atoms with Gasteiger partial charge >= 0.3 is 0 Å². The van der Waals surface area contributed by atoms with Gasteiger partial charge in [-0.05, 0) is 37.9 Å². The van der Waals surface area contributed by atoms with Gasteiger partial charge in [0.05, 0.1) is 0 Å². The van der Waals surface area contributed by atoms with Crippen molar-refractivity contribution in [3.63, 3.8) is 0 Å². The van der Waals surface area contributed by atoms with Gasteiger partial charge in [-0.1, -0.05) is 6.07 Å². The van der Waals surface area contributed by atoms with E-state index in [0.29, 0.717) is 18.2 Å². The Labute approximate surface area is 89.2 Å². The van der Waals surface area contributed by atoms with E-state index >= 15 is 0 Å². The molecule has 0 bridgehead atoms. The van der Waals surface area contributed by atoms with Crippen LogP contribution in [0.1, 0.15) is 19.3 Å². The summed E-state index contributed by atoms with van der Waals surface area (Å²) in [5.74, 6) is 0.781. The van der Waals surface area contributed by atoms with Gasteiger partial charge in [0.15, 0.2) is 0 Å². The number of hydrogen-bond donors (Lipinski definition) is 1. The van der Waals surface area contributed by atoms with Crippen LogP contribution in [0.3, 0.4) is 0 Å². The number of hydrogen-bond acceptors (Lipinski definition) is 2. The minimum absolute atomic E-state index is 0.164. The van der Waals surface area contributed by atoms with E-state index in [1.807, 2.05) is 0 Å². The van der Waals surface area contributed by atoms with Crippen molar-refractivity contribution in [3.05, 3.63) is 30.1 Å². The average molecular weight is 209 g/mol. The summed E-state index contributed by atoms with van der Waals surface area (Å²) >= 11 is 0. The maximum absolute atomic E-state index is 12.9. The quantitative estimate of drug-likeness (QED) is 0.829. The van der Waals surface area contributed by atoms with Crippen LogP contribution in [0.4, 0.5) is 4.39 Å². The lowest BCUT2D eigenvalue weighted by molar-refractivity contribution is 0.162. The van der Waals surface area contributed by atoms with Gasteiger partial charge in [-0.25, -0.2) is 4.39 Å². The fourth-order valence-electron chi connectivity index (χ4n) is 2.14. The second-order valence-electron chi connectivity index (χ2n) is 4.04. The molecule has 2 rings (SSSR count). The topological polar surface area (TPSA) is 35.2 Å². The van der Waals surface area contributed by atoms with Crippen molar-refractivity contribution in [2.45, 2.75) is 25.4 Å². The highest BCUT2D eigenvalue weighted by Gasteiger charge is 2.27. The number of benzene rings is 1. The molecule has 1 saturated carbocycles. The minimum atomic E-state index is -0.255. The molecular weight excluding hydrogens is 193 g/mol. The van der Waals surface area contributed by atoms with Gasteiger partial charge in [-0.3, -0.25) is 0 Å². The average Bonchev–Trinajstić information content (AvgIpc) is 2.65. The van der Waals surface area contributed by atoms with E-state index in [9.17, 15) is 4.39 Å². The highest BCUT2D eigenvalue weighted by Crippen LogP contribution is 2.29. The zero-order valence-corrected chi connectivity index (χ0v) is 8.66. The van der Waals surface area contributed by atoms with Crippen molar-refractivity contribution in [1.82, 2.24) is 0 Å². The lowest BCUT2D eigenvalue weighted by atomic mass is 10.1. The van der Waals surface area contributed by atoms with E-state index < -0.39 is 0 Å². The molecule has 1 aromatic carbocycles. The molecule has 0 saturated heterocycles. The van der Waals surface area contributed by atoms with E-state index in [0.717, 1.165) is 19.3 Å². The Morgan fingerprint density at radius 1 is 1.40 bits per heavy atom. The fraction of sp³-hybridized carbons (Fsp3) is 0.500. The second kappa shape index (κ2) is 4.62. The molecule has 2 unspecified atom stereocenters. The summed E-state index contributed by atoms with van der Waals surface area (Å²) in [6.07, 6.45) is 3.47. The number of ether oxygens (including phenoxy) is 1. The first-order chi connectivity index (χ1) is 7.29. The van der Waals surface area contributed by atoms with Crippen molar-refractivity contribution < 1.29 is 9.13 Å². The van der Waals surface area contributed by atoms with Crippen molar-refractivity contribution >= 4 is 0 Å². The number of rotatable bonds is 3. The Morgan fingerprint density at radius 3 is 3.00 bits per heavy atom. The van der Waals surface area contributed by atoms with Crippen molar-refractivity contribution in [3.8, 4) is 5.75 Å². The van der Waals surface area contributed by atoms with Crippen LogP contribution in [0.2, 0.25) is 0 Å². The Hall–Kier alpha value is -1.09. The van der Waals surface area contributed by atoms with Gasteiger partial charge in [0.25, 0.3) is 0 Å². The maximum Gasteiger partial charge on any atom is 0.126 e. The molecule has 15 heavy (non-hydrogen) atoms. The molecule has 1 aliphatic carbocycles. The van der Waals surface area contributed by atoms with E-state index in [2.05, 4.69) is 0 Å². The first kappa shape index (κ1) is 10.4. The standard InChI is InChI=1S/C12H16FNO/c13-10-4-2-5-11(7-10)15-12-6-1-3-9(12)8-14/h2,4-5,7,9,12H,1,3,6,8,14H2. The Kier molecular flexibility index (Phi) is 3.21. The Morgan fingerprint density at radius 2 is 2.27 bits per heavy atom. The van der Waals surface area contributed by atoms with Crippen molar-refractivity contribution in [1.29, 1.82) is 0 Å². The predicted molar refractivity (Wildman–Crippen MR) is 57.2 cm³/mol. The minimum Gasteiger partial charge on any atom is -0.490 e. The number of halogens is 1. The largest absolute Gasteiger partial charge is 0.490 e. The van der Waals surface area contributed by atoms with Crippen LogP contribution in [0, 0.1) is 11.7 Å². The van der Waals surface area contributed by atoms with Gasteiger partial charge in [0, 0.05) is 12.0 Å². The summed E-state index contributed by atoms with van der Waals surface area (Å²) in [6, 6.07) is 6.29. The molecule has 0 aliphatic heterocycles. The molecule has 2 N–H and O–H groups in total. The summed E-state index contributed by atoms with van der Waals surface area (Å²) < 4.78 is 18.7. The summed E-state index contributed by atoms with van der Waals surface area (Å²) in [4.78, 5) is 0. The van der Waals surface area contributed by atoms with E-state index in [-0.39, 0.29) is 11.9 Å². The van der Waals surface area contributed by atoms with Crippen LogP contribution in [-0.4, -0.2) is 12.6 Å². The van der Waals surface area contributed by atoms with Crippen LogP contribution >= 0.6 is 0 Å². The maximum atomic E-state index is 12.9. The lowest BCUT2D eigenvalue weighted by Crippen LogP contribution is -2.27. The third kappa shape index (κ3) is 2.48. The highest BCUT2D eigenvalue weighted by molar-refractivity contribution is 5.22. The zero-order valence-electron chi connectivity index (χ0n) is 8.66. The Balaban J connectivity index is 2.02. The van der Waals surface area contributed by atoms with Gasteiger partial charge < -0.3 is 10.5 Å². The van der Waals surface area contributed by atoms with Crippen molar-refractivity contribution in [2.75, 3.05) is 6.54 Å². The second-order valence-corrected chi connectivity index (χ2v) is 4.04. The number of nitrogens with two attached hydrogens (primary N) is 1. The monoisotopic (exact) mass is 209 g/mol. The van der Waals surface area contributed by atoms with E-state index in [1.54, 1.807) is 12.1 Å². The van der Waals surface area contributed by atoms with Crippen LogP contribution in [0.25, 0.3) is 0 Å². The molecule has 0 heterocycles. The SMILES string of the molecule is NCC1CCCC1Oc1cccc(F)c1. The first-order valence-corrected chi connectivity index (χ1v) is 5.42. The fourth-order valence-corrected chi connectivity index (χ4v) is 2.14. The van der Waals surface area contributed by atoms with E-state index in [1.165, 1.54) is 12.1 Å². The zero-order chi connectivity index (χ0) is 10.7. The van der Waals surface area contributed by atoms with E-state index in [4.69, 9.17) is 10.5 Å². The van der Waals surface area contributed by atoms with Crippen LogP contribution in [0.15, 0.2) is 24.3 Å². The molecule has 82 valence electrons. The molecule has 0 aromatic heterocycles. The summed E-state index contributed by atoms with van der Waals surface area (Å²) in [7, 11) is 0. The third-order valence-electron chi connectivity index (χ3n) is 2.98. The van der Waals surface area contributed by atoms with Gasteiger partial charge in [-0.2, -0.15) is 0 Å². The molecule has 1 aromatic rings. The first-order valence-electron chi connectivity index (χ1n) is 5.42. The molecule has 2 nitrogen and oxygen atoms in total. The van der Waals surface area contributed by atoms with Gasteiger partial charge in [0.1, 0.15) is 17.7 Å². The Bertz CT molecular complexity index is 329. The summed E-state index contributed by atoms with van der Waals surface area (Å²) in [5, 5.41) is 0. The normalized spacial score (nSPS) is 25.5. The van der Waals surface area contributed by atoms with Crippen LogP contribution in [0.5, 0.6) is 5.75 Å². The molecule has 1 fully saturated rings. The molecule has 1 aliphatic rings. The molecule has 0 amide bonds. The molecular formula is C12H16FNO. The third-order valence-corrected chi connectivity index (χ3v) is 2.98. The molecule has 0 radical (unpaired) electrons. The highest BCUT2D eigenvalue weighted by atomic mass is 19.1. The molecule has 3 heteroatoms. The smallest absolute Gasteiger partial charge is 0.126 e. The van der Waals surface area contributed by atoms with Crippen molar-refractivity contribution in [2.24, 2.45) is 11.7 Å². The summed E-state index contributed by atoms with van der Waals surface area (Å²) in [5.41, 5.74) is 5.65.